The Balaban J connectivity index is 2.40. The number of hydrogen-bond donors (Lipinski definition) is 2. The molecule has 0 saturated heterocycles. The van der Waals surface area contributed by atoms with E-state index in [1.165, 1.54) is 0 Å². The topological polar surface area (TPSA) is 50.1 Å². The van der Waals surface area contributed by atoms with Gasteiger partial charge in [-0.2, -0.15) is 0 Å². The number of nitrogens with one attached hydrogen (secondary N) is 1. The summed E-state index contributed by atoms with van der Waals surface area (Å²) in [6.45, 7) is 0.743. The van der Waals surface area contributed by atoms with Crippen LogP contribution in [0.4, 0.5) is 0 Å². The fourth-order valence-electron chi connectivity index (χ4n) is 1.71. The van der Waals surface area contributed by atoms with Gasteiger partial charge in [-0.05, 0) is 19.2 Å². The molecule has 2 rings (SSSR count). The van der Waals surface area contributed by atoms with Crippen LogP contribution in [0.2, 0.25) is 0 Å². The fraction of sp³-hybridized carbons (Fsp3) is 0.250. The Bertz CT molecular complexity index is 491. The van der Waals surface area contributed by atoms with Crippen LogP contribution in [0.5, 0.6) is 5.75 Å². The molecule has 0 radical (unpaired) electrons. The predicted molar refractivity (Wildman–Crippen MR) is 63.1 cm³/mol. The van der Waals surface area contributed by atoms with Crippen molar-refractivity contribution in [3.63, 3.8) is 0 Å². The molecule has 1 heterocycles. The summed E-state index contributed by atoms with van der Waals surface area (Å²) in [5, 5.41) is 12.5. The van der Waals surface area contributed by atoms with E-state index in [0.717, 1.165) is 23.6 Å². The first-order valence-electron chi connectivity index (χ1n) is 5.17. The van der Waals surface area contributed by atoms with Crippen molar-refractivity contribution in [2.24, 2.45) is 7.05 Å². The van der Waals surface area contributed by atoms with Crippen LogP contribution in [0.1, 0.15) is 5.69 Å². The van der Waals surface area contributed by atoms with Crippen molar-refractivity contribution in [3.8, 4) is 17.1 Å². The first kappa shape index (κ1) is 10.7. The Labute approximate surface area is 94.6 Å². The van der Waals surface area contributed by atoms with Crippen molar-refractivity contribution in [1.82, 2.24) is 14.9 Å². The van der Waals surface area contributed by atoms with Crippen LogP contribution in [0.15, 0.2) is 30.5 Å². The second kappa shape index (κ2) is 4.37. The molecule has 1 aromatic carbocycles. The molecule has 0 bridgehead atoms. The maximum absolute atomic E-state index is 9.43. The van der Waals surface area contributed by atoms with E-state index in [-0.39, 0.29) is 5.75 Å². The smallest absolute Gasteiger partial charge is 0.140 e. The lowest BCUT2D eigenvalue weighted by Crippen LogP contribution is -2.04. The number of phenolic OH excluding ortho intramolecular Hbond substituents is 1. The van der Waals surface area contributed by atoms with Crippen molar-refractivity contribution < 1.29 is 5.11 Å². The number of phenols is 1. The van der Waals surface area contributed by atoms with E-state index < -0.39 is 0 Å². The van der Waals surface area contributed by atoms with Gasteiger partial charge in [0.05, 0.1) is 5.69 Å². The van der Waals surface area contributed by atoms with Gasteiger partial charge in [0.1, 0.15) is 11.6 Å². The maximum atomic E-state index is 9.43. The predicted octanol–water partition coefficient (Wildman–Crippen LogP) is 1.51. The van der Waals surface area contributed by atoms with Gasteiger partial charge < -0.3 is 15.0 Å². The summed E-state index contributed by atoms with van der Waals surface area (Å²) in [6, 6.07) is 7.12. The van der Waals surface area contributed by atoms with E-state index in [1.807, 2.05) is 37.0 Å². The number of imidazole rings is 1. The van der Waals surface area contributed by atoms with Gasteiger partial charge in [0, 0.05) is 25.4 Å². The number of rotatable bonds is 3. The van der Waals surface area contributed by atoms with Crippen molar-refractivity contribution in [2.75, 3.05) is 7.05 Å². The molecule has 4 heteroatoms. The zero-order chi connectivity index (χ0) is 11.5. The van der Waals surface area contributed by atoms with Gasteiger partial charge in [-0.25, -0.2) is 4.98 Å². The third kappa shape index (κ3) is 2.06. The normalized spacial score (nSPS) is 10.6. The molecule has 2 aromatic rings. The van der Waals surface area contributed by atoms with Crippen molar-refractivity contribution in [1.29, 1.82) is 0 Å². The summed E-state index contributed by atoms with van der Waals surface area (Å²) in [4.78, 5) is 4.50. The molecular formula is C12H15N3O. The molecule has 0 spiro atoms. The largest absolute Gasteiger partial charge is 0.508 e. The van der Waals surface area contributed by atoms with E-state index in [1.54, 1.807) is 12.1 Å². The van der Waals surface area contributed by atoms with Crippen molar-refractivity contribution in [3.05, 3.63) is 36.2 Å². The number of nitrogens with zero attached hydrogens (tertiary/aromatic N) is 2. The lowest BCUT2D eigenvalue weighted by molar-refractivity contribution is 0.475. The Morgan fingerprint density at radius 1 is 1.44 bits per heavy atom. The monoisotopic (exact) mass is 217 g/mol. The standard InChI is InChI=1S/C12H15N3O/c1-13-7-10-8-15(2)12(14-10)9-4-3-5-11(16)6-9/h3-6,8,13,16H,7H2,1-2H3. The SMILES string of the molecule is CNCc1cn(C)c(-c2cccc(O)c2)n1. The average molecular weight is 217 g/mol. The highest BCUT2D eigenvalue weighted by Gasteiger charge is 2.07. The van der Waals surface area contributed by atoms with Gasteiger partial charge >= 0.3 is 0 Å². The van der Waals surface area contributed by atoms with E-state index in [0.29, 0.717) is 0 Å². The molecule has 0 fully saturated rings. The number of benzene rings is 1. The molecule has 0 aliphatic heterocycles. The van der Waals surface area contributed by atoms with Crippen LogP contribution in [0.25, 0.3) is 11.4 Å². The molecule has 0 aliphatic carbocycles. The highest BCUT2D eigenvalue weighted by molar-refractivity contribution is 5.58. The number of aryl methyl sites for hydroxylation is 1. The molecule has 16 heavy (non-hydrogen) atoms. The number of aromatic hydroxyl groups is 1. The molecule has 0 unspecified atom stereocenters. The first-order chi connectivity index (χ1) is 7.70. The minimum Gasteiger partial charge on any atom is -0.508 e. The summed E-state index contributed by atoms with van der Waals surface area (Å²) >= 11 is 0. The second-order valence-electron chi connectivity index (χ2n) is 3.75. The summed E-state index contributed by atoms with van der Waals surface area (Å²) in [5.74, 6) is 1.12. The summed E-state index contributed by atoms with van der Waals surface area (Å²) in [6.07, 6.45) is 1.98. The molecule has 0 saturated carbocycles. The number of hydrogen-bond acceptors (Lipinski definition) is 3. The molecule has 84 valence electrons. The van der Waals surface area contributed by atoms with Gasteiger partial charge in [-0.1, -0.05) is 12.1 Å². The third-order valence-corrected chi connectivity index (χ3v) is 2.39. The van der Waals surface area contributed by atoms with Crippen LogP contribution in [0, 0.1) is 0 Å². The third-order valence-electron chi connectivity index (χ3n) is 2.39. The highest BCUT2D eigenvalue weighted by Crippen LogP contribution is 2.21. The summed E-state index contributed by atoms with van der Waals surface area (Å²) < 4.78 is 1.96. The van der Waals surface area contributed by atoms with Crippen LogP contribution in [0.3, 0.4) is 0 Å². The quantitative estimate of drug-likeness (QED) is 0.819. The van der Waals surface area contributed by atoms with Crippen LogP contribution in [-0.2, 0) is 13.6 Å². The summed E-state index contributed by atoms with van der Waals surface area (Å²) in [5.41, 5.74) is 1.91. The van der Waals surface area contributed by atoms with E-state index in [9.17, 15) is 5.11 Å². The van der Waals surface area contributed by atoms with Crippen molar-refractivity contribution >= 4 is 0 Å². The molecule has 2 N–H and O–H groups in total. The van der Waals surface area contributed by atoms with Gasteiger partial charge in [-0.3, -0.25) is 0 Å². The molecule has 4 nitrogen and oxygen atoms in total. The Morgan fingerprint density at radius 3 is 2.94 bits per heavy atom. The van der Waals surface area contributed by atoms with E-state index in [2.05, 4.69) is 10.3 Å². The van der Waals surface area contributed by atoms with E-state index in [4.69, 9.17) is 0 Å². The van der Waals surface area contributed by atoms with Crippen LogP contribution < -0.4 is 5.32 Å². The minimum atomic E-state index is 0.260. The lowest BCUT2D eigenvalue weighted by atomic mass is 10.2. The van der Waals surface area contributed by atoms with E-state index >= 15 is 0 Å². The zero-order valence-corrected chi connectivity index (χ0v) is 9.44. The first-order valence-corrected chi connectivity index (χ1v) is 5.17. The Kier molecular flexibility index (Phi) is 2.92. The highest BCUT2D eigenvalue weighted by atomic mass is 16.3. The second-order valence-corrected chi connectivity index (χ2v) is 3.75. The van der Waals surface area contributed by atoms with Gasteiger partial charge in [-0.15, -0.1) is 0 Å². The Hall–Kier alpha value is -1.81. The van der Waals surface area contributed by atoms with Gasteiger partial charge in [0.25, 0.3) is 0 Å². The molecule has 1 aromatic heterocycles. The summed E-state index contributed by atoms with van der Waals surface area (Å²) in [7, 11) is 3.84. The van der Waals surface area contributed by atoms with Gasteiger partial charge in [0.2, 0.25) is 0 Å². The lowest BCUT2D eigenvalue weighted by Gasteiger charge is -2.01. The van der Waals surface area contributed by atoms with Crippen molar-refractivity contribution in [2.45, 2.75) is 6.54 Å². The zero-order valence-electron chi connectivity index (χ0n) is 9.44. The molecule has 0 aliphatic rings. The molecule has 0 amide bonds. The van der Waals surface area contributed by atoms with Crippen LogP contribution >= 0.6 is 0 Å². The minimum absolute atomic E-state index is 0.260. The number of aromatic nitrogens is 2. The van der Waals surface area contributed by atoms with Crippen LogP contribution in [-0.4, -0.2) is 21.7 Å². The molecule has 0 atom stereocenters. The van der Waals surface area contributed by atoms with Gasteiger partial charge in [0.15, 0.2) is 0 Å². The Morgan fingerprint density at radius 2 is 2.25 bits per heavy atom. The average Bonchev–Trinajstić information content (AvgIpc) is 2.60. The fourth-order valence-corrected chi connectivity index (χ4v) is 1.71. The maximum Gasteiger partial charge on any atom is 0.140 e. The molecular weight excluding hydrogens is 202 g/mol.